The predicted octanol–water partition coefficient (Wildman–Crippen LogP) is 6.28. The number of ether oxygens (including phenoxy) is 3. The molecule has 0 N–H and O–H groups in total. The molecule has 5 nitrogen and oxygen atoms in total. The second kappa shape index (κ2) is 8.64. The number of hydrogen-bond acceptors (Lipinski definition) is 5. The Morgan fingerprint density at radius 2 is 1.39 bits per heavy atom. The van der Waals surface area contributed by atoms with Crippen molar-refractivity contribution in [1.82, 2.24) is 0 Å². The predicted molar refractivity (Wildman–Crippen MR) is 128 cm³/mol. The fourth-order valence-electron chi connectivity index (χ4n) is 10.5. The molecule has 8 saturated carbocycles. The molecule has 0 aliphatic heterocycles. The second-order valence-corrected chi connectivity index (χ2v) is 13.7. The minimum atomic E-state index is -3.47. The molecule has 0 amide bonds. The number of carbonyl (C=O) groups excluding carboxylic acids is 2. The van der Waals surface area contributed by atoms with E-state index < -0.39 is 29.3 Å². The van der Waals surface area contributed by atoms with Gasteiger partial charge in [0.2, 0.25) is 0 Å². The number of hydrogen-bond donors (Lipinski definition) is 0. The maximum Gasteiger partial charge on any atom is 0.377 e. The van der Waals surface area contributed by atoms with Crippen LogP contribution in [0.4, 0.5) is 8.78 Å². The molecule has 0 aromatic heterocycles. The van der Waals surface area contributed by atoms with Crippen LogP contribution in [0, 0.1) is 46.3 Å². The molecule has 8 rings (SSSR count). The van der Waals surface area contributed by atoms with E-state index in [1.165, 1.54) is 45.4 Å². The van der Waals surface area contributed by atoms with Crippen LogP contribution < -0.4 is 0 Å². The number of carbonyl (C=O) groups is 2. The Hall–Kier alpha value is -1.24. The van der Waals surface area contributed by atoms with Crippen molar-refractivity contribution < 1.29 is 32.6 Å². The van der Waals surface area contributed by atoms with Crippen molar-refractivity contribution in [1.29, 1.82) is 0 Å². The quantitative estimate of drug-likeness (QED) is 0.208. The molecule has 2 unspecified atom stereocenters. The first-order valence-electron chi connectivity index (χ1n) is 14.5. The smallest absolute Gasteiger partial charge is 0.377 e. The van der Waals surface area contributed by atoms with E-state index >= 15 is 0 Å². The maximum atomic E-state index is 14.1. The van der Waals surface area contributed by atoms with Gasteiger partial charge < -0.3 is 14.2 Å². The second-order valence-electron chi connectivity index (χ2n) is 13.7. The Bertz CT molecular complexity index is 849. The number of esters is 2. The minimum Gasteiger partial charge on any atom is -0.454 e. The summed E-state index contributed by atoms with van der Waals surface area (Å²) in [6.07, 6.45) is 11.4. The molecule has 8 aliphatic rings. The van der Waals surface area contributed by atoms with Crippen LogP contribution in [0.5, 0.6) is 0 Å². The average molecular weight is 509 g/mol. The van der Waals surface area contributed by atoms with Crippen molar-refractivity contribution in [2.75, 3.05) is 13.4 Å². The van der Waals surface area contributed by atoms with E-state index in [1.807, 2.05) is 6.92 Å². The topological polar surface area (TPSA) is 61.8 Å². The Kier molecular flexibility index (Phi) is 6.01. The summed E-state index contributed by atoms with van der Waals surface area (Å²) >= 11 is 0. The largest absolute Gasteiger partial charge is 0.454 e. The van der Waals surface area contributed by atoms with E-state index in [1.54, 1.807) is 0 Å². The van der Waals surface area contributed by atoms with Crippen LogP contribution in [0.15, 0.2) is 0 Å². The van der Waals surface area contributed by atoms with Crippen LogP contribution in [0.1, 0.15) is 97.3 Å². The third kappa shape index (κ3) is 3.92. The Morgan fingerprint density at radius 3 is 1.92 bits per heavy atom. The molecule has 0 saturated heterocycles. The third-order valence-electron chi connectivity index (χ3n) is 11.4. The van der Waals surface area contributed by atoms with Gasteiger partial charge in [-0.3, -0.25) is 4.79 Å². The molecule has 0 aromatic rings. The van der Waals surface area contributed by atoms with E-state index in [-0.39, 0.29) is 30.0 Å². The van der Waals surface area contributed by atoms with Crippen molar-refractivity contribution in [2.24, 2.45) is 46.3 Å². The highest BCUT2D eigenvalue weighted by Gasteiger charge is 2.66. The van der Waals surface area contributed by atoms with Crippen molar-refractivity contribution in [3.05, 3.63) is 0 Å². The number of halogens is 2. The molecule has 36 heavy (non-hydrogen) atoms. The van der Waals surface area contributed by atoms with Crippen LogP contribution in [-0.2, 0) is 23.8 Å². The van der Waals surface area contributed by atoms with Crippen molar-refractivity contribution in [2.45, 2.75) is 109 Å². The van der Waals surface area contributed by atoms with E-state index in [0.717, 1.165) is 37.0 Å². The molecule has 0 spiro atoms. The zero-order valence-corrected chi connectivity index (χ0v) is 21.9. The van der Waals surface area contributed by atoms with Gasteiger partial charge in [-0.05, 0) is 106 Å². The molecule has 0 heterocycles. The molecule has 7 heteroatoms. The highest BCUT2D eigenvalue weighted by atomic mass is 19.3. The lowest BCUT2D eigenvalue weighted by Crippen LogP contribution is -2.64. The average Bonchev–Trinajstić information content (AvgIpc) is 2.82. The Balaban J connectivity index is 1.08. The highest BCUT2D eigenvalue weighted by molar-refractivity contribution is 5.79. The monoisotopic (exact) mass is 508 g/mol. The zero-order chi connectivity index (χ0) is 25.3. The lowest BCUT2D eigenvalue weighted by atomic mass is 9.44. The van der Waals surface area contributed by atoms with Gasteiger partial charge in [0.1, 0.15) is 5.60 Å². The fourth-order valence-corrected chi connectivity index (χ4v) is 10.5. The lowest BCUT2D eigenvalue weighted by molar-refractivity contribution is -0.245. The van der Waals surface area contributed by atoms with E-state index in [2.05, 4.69) is 0 Å². The van der Waals surface area contributed by atoms with Gasteiger partial charge >= 0.3 is 17.9 Å². The van der Waals surface area contributed by atoms with Crippen molar-refractivity contribution in [3.63, 3.8) is 0 Å². The van der Waals surface area contributed by atoms with Crippen molar-refractivity contribution in [3.8, 4) is 0 Å². The van der Waals surface area contributed by atoms with Gasteiger partial charge in [-0.2, -0.15) is 8.78 Å². The third-order valence-corrected chi connectivity index (χ3v) is 11.4. The summed E-state index contributed by atoms with van der Waals surface area (Å²) in [6.45, 7) is 3.90. The molecule has 202 valence electrons. The highest BCUT2D eigenvalue weighted by Crippen LogP contribution is 2.66. The molecular formula is C29H42F2O5. The fraction of sp³-hybridized carbons (Fsp3) is 0.931. The van der Waals surface area contributed by atoms with Crippen LogP contribution in [0.3, 0.4) is 0 Å². The van der Waals surface area contributed by atoms with Crippen LogP contribution in [0.2, 0.25) is 0 Å². The van der Waals surface area contributed by atoms with E-state index in [9.17, 15) is 18.4 Å². The summed E-state index contributed by atoms with van der Waals surface area (Å²) in [5.74, 6) is -2.30. The standard InChI is InChI=1S/C29H42F2O5/c1-3-28(36-25(33)29(30,31)4-2)22-8-21-9-23(28)15-27(13-21,14-22)24(32)35-17-34-16-26-10-18-5-19(11-26)7-20(6-18)12-26/h18-23H,3-17H2,1-2H3. The summed E-state index contributed by atoms with van der Waals surface area (Å²) in [7, 11) is 0. The summed E-state index contributed by atoms with van der Waals surface area (Å²) in [5, 5.41) is 0. The SMILES string of the molecule is CCC(F)(F)C(=O)OC1(CC)C2CC3CC1CC(C(=O)OCOCC14CC5CC(CC(C5)C1)C4)(C3)C2. The van der Waals surface area contributed by atoms with Crippen molar-refractivity contribution >= 4 is 11.9 Å². The number of rotatable bonds is 9. The number of alkyl halides is 2. The van der Waals surface area contributed by atoms with Gasteiger partial charge in [-0.15, -0.1) is 0 Å². The normalized spacial score (nSPS) is 46.2. The van der Waals surface area contributed by atoms with Gasteiger partial charge in [-0.1, -0.05) is 13.8 Å². The van der Waals surface area contributed by atoms with Gasteiger partial charge in [0, 0.05) is 18.3 Å². The Labute approximate surface area is 213 Å². The van der Waals surface area contributed by atoms with Crippen LogP contribution in [0.25, 0.3) is 0 Å². The lowest BCUT2D eigenvalue weighted by Gasteiger charge is -2.63. The maximum absolute atomic E-state index is 14.1. The molecule has 0 radical (unpaired) electrons. The van der Waals surface area contributed by atoms with E-state index in [4.69, 9.17) is 14.2 Å². The summed E-state index contributed by atoms with van der Waals surface area (Å²) in [4.78, 5) is 25.8. The van der Waals surface area contributed by atoms with Gasteiger partial charge in [0.05, 0.1) is 12.0 Å². The first kappa shape index (κ1) is 25.1. The minimum absolute atomic E-state index is 0.00103. The van der Waals surface area contributed by atoms with Crippen LogP contribution in [-0.4, -0.2) is 36.9 Å². The molecule has 8 fully saturated rings. The first-order valence-corrected chi connectivity index (χ1v) is 14.5. The summed E-state index contributed by atoms with van der Waals surface area (Å²) in [5.41, 5.74) is -1.21. The molecule has 8 aliphatic carbocycles. The Morgan fingerprint density at radius 1 is 0.833 bits per heavy atom. The first-order chi connectivity index (χ1) is 17.1. The summed E-state index contributed by atoms with van der Waals surface area (Å²) in [6, 6.07) is 0. The molecule has 0 aromatic carbocycles. The van der Waals surface area contributed by atoms with Gasteiger partial charge in [0.15, 0.2) is 6.79 Å². The molecule has 2 atom stereocenters. The van der Waals surface area contributed by atoms with Crippen LogP contribution >= 0.6 is 0 Å². The molecular weight excluding hydrogens is 466 g/mol. The van der Waals surface area contributed by atoms with E-state index in [0.29, 0.717) is 31.8 Å². The molecule has 8 bridgehead atoms. The van der Waals surface area contributed by atoms with Gasteiger partial charge in [0.25, 0.3) is 0 Å². The van der Waals surface area contributed by atoms with Gasteiger partial charge in [-0.25, -0.2) is 4.79 Å². The summed E-state index contributed by atoms with van der Waals surface area (Å²) < 4.78 is 45.7. The zero-order valence-electron chi connectivity index (χ0n) is 21.9.